The van der Waals surface area contributed by atoms with Crippen LogP contribution in [0.1, 0.15) is 78.3 Å². The Morgan fingerprint density at radius 1 is 0.769 bits per heavy atom. The summed E-state index contributed by atoms with van der Waals surface area (Å²) in [5, 5.41) is 3.37. The number of nitrogens with zero attached hydrogens (tertiary/aromatic N) is 2. The zero-order chi connectivity index (χ0) is 27.6. The molecule has 2 aromatic carbocycles. The second-order valence-corrected chi connectivity index (χ2v) is 11.4. The molecule has 9 heteroatoms. The molecule has 214 valence electrons. The Morgan fingerprint density at radius 3 is 2.00 bits per heavy atom. The minimum absolute atomic E-state index is 0.0178. The fraction of sp³-hybridized carbons (Fsp3) is 0.600. The number of benzene rings is 2. The number of hydrogen-bond acceptors (Lipinski definition) is 3. The van der Waals surface area contributed by atoms with E-state index in [1.54, 1.807) is 6.07 Å². The number of likely N-dealkylation sites (tertiary alicyclic amines) is 2. The van der Waals surface area contributed by atoms with E-state index in [0.717, 1.165) is 75.1 Å². The Balaban J connectivity index is 1.29. The lowest BCUT2D eigenvalue weighted by molar-refractivity contribution is -0.139. The van der Waals surface area contributed by atoms with E-state index in [1.165, 1.54) is 18.2 Å². The molecule has 0 bridgehead atoms. The molecule has 39 heavy (non-hydrogen) atoms. The molecule has 5 rings (SSSR count). The molecule has 3 fully saturated rings. The topological polar surface area (TPSA) is 18.5 Å². The Kier molecular flexibility index (Phi) is 8.59. The molecule has 0 aromatic heterocycles. The van der Waals surface area contributed by atoms with Gasteiger partial charge in [-0.05, 0) is 125 Å². The first-order valence-electron chi connectivity index (χ1n) is 14.1. The summed E-state index contributed by atoms with van der Waals surface area (Å²) in [6.45, 7) is 5.11. The highest BCUT2D eigenvalue weighted by molar-refractivity contribution is 5.36. The summed E-state index contributed by atoms with van der Waals surface area (Å²) in [5.74, 6) is 0.458. The van der Waals surface area contributed by atoms with Crippen molar-refractivity contribution in [2.24, 2.45) is 5.92 Å². The van der Waals surface area contributed by atoms with Crippen LogP contribution in [0.2, 0.25) is 0 Å². The molecule has 0 amide bonds. The van der Waals surface area contributed by atoms with E-state index >= 15 is 0 Å². The van der Waals surface area contributed by atoms with Gasteiger partial charge in [-0.2, -0.15) is 26.3 Å². The fourth-order valence-corrected chi connectivity index (χ4v) is 6.75. The van der Waals surface area contributed by atoms with Crippen LogP contribution in [0, 0.1) is 5.92 Å². The smallest absolute Gasteiger partial charge is 0.317 e. The third kappa shape index (κ3) is 6.80. The van der Waals surface area contributed by atoms with Gasteiger partial charge < -0.3 is 5.32 Å². The van der Waals surface area contributed by atoms with Gasteiger partial charge in [0.2, 0.25) is 0 Å². The lowest BCUT2D eigenvalue weighted by Crippen LogP contribution is -2.38. The maximum absolute atomic E-state index is 14.3. The molecule has 3 heterocycles. The van der Waals surface area contributed by atoms with E-state index in [-0.39, 0.29) is 18.5 Å². The van der Waals surface area contributed by atoms with Crippen LogP contribution >= 0.6 is 0 Å². The van der Waals surface area contributed by atoms with E-state index in [0.29, 0.717) is 37.4 Å². The van der Waals surface area contributed by atoms with Gasteiger partial charge in [0.05, 0.1) is 11.1 Å². The molecule has 1 atom stereocenters. The van der Waals surface area contributed by atoms with Gasteiger partial charge in [0.25, 0.3) is 0 Å². The van der Waals surface area contributed by atoms with Gasteiger partial charge in [-0.1, -0.05) is 24.3 Å². The SMILES string of the molecule is FC(F)(F)c1ccc(C2CCN(Cc3ccc(C(C4CCNCC4)N4CCCC4)cc3C(F)(F)F)CC2)cc1. The summed E-state index contributed by atoms with van der Waals surface area (Å²) in [6.07, 6.45) is -3.27. The van der Waals surface area contributed by atoms with Crippen LogP contribution in [0.15, 0.2) is 42.5 Å². The second kappa shape index (κ2) is 11.8. The second-order valence-electron chi connectivity index (χ2n) is 11.4. The Hall–Kier alpha value is -2.10. The molecule has 0 radical (unpaired) electrons. The first-order chi connectivity index (χ1) is 18.6. The lowest BCUT2D eigenvalue weighted by Gasteiger charge is -2.38. The molecule has 0 saturated carbocycles. The number of alkyl halides is 6. The highest BCUT2D eigenvalue weighted by Crippen LogP contribution is 2.41. The Bertz CT molecular complexity index is 1080. The van der Waals surface area contributed by atoms with Crippen LogP contribution in [0.4, 0.5) is 26.3 Å². The monoisotopic (exact) mass is 553 g/mol. The standard InChI is InChI=1S/C30H37F6N3/c31-29(32,33)26-7-5-21(6-8-26)22-11-17-38(18-12-22)20-25-4-3-24(19-27(25)30(34,35)36)28(39-15-1-2-16-39)23-9-13-37-14-10-23/h3-8,19,22-23,28,37H,1-2,9-18,20H2. The maximum atomic E-state index is 14.3. The van der Waals surface area contributed by atoms with Crippen LogP contribution in [-0.2, 0) is 18.9 Å². The van der Waals surface area contributed by atoms with Gasteiger partial charge in [0, 0.05) is 12.6 Å². The number of piperidine rings is 2. The summed E-state index contributed by atoms with van der Waals surface area (Å²) in [6, 6.07) is 10.3. The zero-order valence-electron chi connectivity index (χ0n) is 22.1. The van der Waals surface area contributed by atoms with Gasteiger partial charge in [-0.15, -0.1) is 0 Å². The molecule has 3 aliphatic heterocycles. The van der Waals surface area contributed by atoms with Crippen molar-refractivity contribution in [1.29, 1.82) is 0 Å². The van der Waals surface area contributed by atoms with Crippen molar-refractivity contribution in [3.63, 3.8) is 0 Å². The summed E-state index contributed by atoms with van der Waals surface area (Å²) in [7, 11) is 0. The molecule has 3 saturated heterocycles. The Morgan fingerprint density at radius 2 is 1.41 bits per heavy atom. The number of nitrogens with one attached hydrogen (secondary N) is 1. The maximum Gasteiger partial charge on any atom is 0.416 e. The Labute approximate surface area is 226 Å². The first kappa shape index (κ1) is 28.4. The molecule has 1 unspecified atom stereocenters. The van der Waals surface area contributed by atoms with Crippen molar-refractivity contribution in [2.75, 3.05) is 39.3 Å². The largest absolute Gasteiger partial charge is 0.416 e. The molecule has 0 aliphatic carbocycles. The fourth-order valence-electron chi connectivity index (χ4n) is 6.75. The quantitative estimate of drug-likeness (QED) is 0.381. The van der Waals surface area contributed by atoms with Crippen LogP contribution in [0.25, 0.3) is 0 Å². The molecule has 3 nitrogen and oxygen atoms in total. The highest BCUT2D eigenvalue weighted by Gasteiger charge is 2.37. The average Bonchev–Trinajstić information content (AvgIpc) is 3.44. The molecular formula is C30H37F6N3. The number of rotatable bonds is 6. The first-order valence-corrected chi connectivity index (χ1v) is 14.1. The van der Waals surface area contributed by atoms with Crippen molar-refractivity contribution < 1.29 is 26.3 Å². The van der Waals surface area contributed by atoms with E-state index in [9.17, 15) is 26.3 Å². The predicted octanol–water partition coefficient (Wildman–Crippen LogP) is 7.24. The van der Waals surface area contributed by atoms with Gasteiger partial charge in [0.15, 0.2) is 0 Å². The van der Waals surface area contributed by atoms with E-state index in [1.807, 2.05) is 11.0 Å². The van der Waals surface area contributed by atoms with Crippen molar-refractivity contribution in [1.82, 2.24) is 15.1 Å². The normalized spacial score (nSPS) is 21.9. The van der Waals surface area contributed by atoms with Crippen molar-refractivity contribution >= 4 is 0 Å². The van der Waals surface area contributed by atoms with E-state index < -0.39 is 23.5 Å². The third-order valence-corrected chi connectivity index (χ3v) is 8.84. The van der Waals surface area contributed by atoms with Gasteiger partial charge in [-0.3, -0.25) is 9.80 Å². The van der Waals surface area contributed by atoms with Crippen LogP contribution in [0.3, 0.4) is 0 Å². The van der Waals surface area contributed by atoms with Crippen molar-refractivity contribution in [2.45, 2.75) is 69.4 Å². The summed E-state index contributed by atoms with van der Waals surface area (Å²) in [4.78, 5) is 4.42. The number of halogens is 6. The third-order valence-electron chi connectivity index (χ3n) is 8.84. The van der Waals surface area contributed by atoms with E-state index in [4.69, 9.17) is 0 Å². The predicted molar refractivity (Wildman–Crippen MR) is 139 cm³/mol. The van der Waals surface area contributed by atoms with Gasteiger partial charge >= 0.3 is 12.4 Å². The average molecular weight is 554 g/mol. The molecular weight excluding hydrogens is 516 g/mol. The summed E-state index contributed by atoms with van der Waals surface area (Å²) < 4.78 is 81.7. The lowest BCUT2D eigenvalue weighted by atomic mass is 9.83. The van der Waals surface area contributed by atoms with Gasteiger partial charge in [0.1, 0.15) is 0 Å². The van der Waals surface area contributed by atoms with Crippen LogP contribution in [0.5, 0.6) is 0 Å². The summed E-state index contributed by atoms with van der Waals surface area (Å²) >= 11 is 0. The van der Waals surface area contributed by atoms with Crippen molar-refractivity contribution in [3.05, 3.63) is 70.3 Å². The molecule has 0 spiro atoms. The molecule has 3 aliphatic rings. The minimum Gasteiger partial charge on any atom is -0.317 e. The highest BCUT2D eigenvalue weighted by atomic mass is 19.4. The van der Waals surface area contributed by atoms with Crippen LogP contribution < -0.4 is 5.32 Å². The van der Waals surface area contributed by atoms with Crippen molar-refractivity contribution in [3.8, 4) is 0 Å². The zero-order valence-corrected chi connectivity index (χ0v) is 22.1. The van der Waals surface area contributed by atoms with Gasteiger partial charge in [-0.25, -0.2) is 0 Å². The number of hydrogen-bond donors (Lipinski definition) is 1. The minimum atomic E-state index is -4.44. The van der Waals surface area contributed by atoms with Crippen LogP contribution in [-0.4, -0.2) is 49.1 Å². The molecule has 1 N–H and O–H groups in total. The molecule has 2 aromatic rings. The summed E-state index contributed by atoms with van der Waals surface area (Å²) in [5.41, 5.74) is 0.724. The van der Waals surface area contributed by atoms with E-state index in [2.05, 4.69) is 10.2 Å².